The number of hydrogen-bond donors (Lipinski definition) is 0. The van der Waals surface area contributed by atoms with Gasteiger partial charge in [-0.25, -0.2) is 0 Å². The summed E-state index contributed by atoms with van der Waals surface area (Å²) in [4.78, 5) is 7.70. The maximum absolute atomic E-state index is 5.12. The van der Waals surface area contributed by atoms with E-state index in [1.807, 2.05) is 0 Å². The smallest absolute Gasteiger partial charge is 0.0744 e. The molecule has 1 saturated carbocycles. The van der Waals surface area contributed by atoms with Crippen LogP contribution in [0.4, 0.5) is 0 Å². The third-order valence-corrected chi connectivity index (χ3v) is 9.08. The third-order valence-electron chi connectivity index (χ3n) is 9.08. The fraction of sp³-hybridized carbons (Fsp3) is 0.531. The van der Waals surface area contributed by atoms with Crippen molar-refractivity contribution >= 4 is 11.1 Å². The first kappa shape index (κ1) is 23.4. The SMILES string of the molecule is CC/C=C(/C)C1C=C(C2=CN(C(C)C3CCC(C)C3)C2)c2ncc(C3=C(C)CC(C)=C3C)cc21. The highest BCUT2D eigenvalue weighted by Gasteiger charge is 2.36. The normalized spacial score (nSPS) is 27.8. The summed E-state index contributed by atoms with van der Waals surface area (Å²) in [6.45, 7) is 17.3. The molecular weight excluding hydrogens is 412 g/mol. The highest BCUT2D eigenvalue weighted by molar-refractivity contribution is 5.89. The molecule has 180 valence electrons. The van der Waals surface area contributed by atoms with E-state index in [0.29, 0.717) is 12.0 Å². The van der Waals surface area contributed by atoms with Crippen molar-refractivity contribution in [1.82, 2.24) is 9.88 Å². The molecule has 1 aliphatic heterocycles. The van der Waals surface area contributed by atoms with Crippen molar-refractivity contribution in [2.24, 2.45) is 11.8 Å². The molecule has 4 aliphatic rings. The van der Waals surface area contributed by atoms with Crippen molar-refractivity contribution in [3.05, 3.63) is 75.3 Å². The average molecular weight is 455 g/mol. The minimum Gasteiger partial charge on any atom is -0.370 e. The lowest BCUT2D eigenvalue weighted by molar-refractivity contribution is 0.206. The quantitative estimate of drug-likeness (QED) is 0.401. The van der Waals surface area contributed by atoms with Gasteiger partial charge in [-0.15, -0.1) is 0 Å². The molecule has 5 rings (SSSR count). The molecule has 0 spiro atoms. The Morgan fingerprint density at radius 1 is 1.21 bits per heavy atom. The van der Waals surface area contributed by atoms with Gasteiger partial charge in [-0.05, 0) is 100 Å². The molecule has 0 aromatic carbocycles. The summed E-state index contributed by atoms with van der Waals surface area (Å²) in [5.74, 6) is 2.09. The zero-order valence-electron chi connectivity index (χ0n) is 22.3. The average Bonchev–Trinajstić information content (AvgIpc) is 3.43. The summed E-state index contributed by atoms with van der Waals surface area (Å²) in [6, 6.07) is 3.10. The van der Waals surface area contributed by atoms with Crippen LogP contribution in [0, 0.1) is 11.8 Å². The molecule has 0 N–H and O–H groups in total. The fourth-order valence-corrected chi connectivity index (χ4v) is 6.86. The summed E-state index contributed by atoms with van der Waals surface area (Å²) in [5, 5.41) is 0. The van der Waals surface area contributed by atoms with Gasteiger partial charge in [-0.3, -0.25) is 4.98 Å². The highest BCUT2D eigenvalue weighted by atomic mass is 15.2. The molecular formula is C32H42N2. The summed E-state index contributed by atoms with van der Waals surface area (Å²) >= 11 is 0. The third kappa shape index (κ3) is 3.93. The maximum atomic E-state index is 5.12. The van der Waals surface area contributed by atoms with Crippen molar-refractivity contribution in [3.8, 4) is 0 Å². The van der Waals surface area contributed by atoms with Crippen LogP contribution in [-0.2, 0) is 0 Å². The lowest BCUT2D eigenvalue weighted by Gasteiger charge is -2.40. The second-order valence-corrected chi connectivity index (χ2v) is 11.6. The van der Waals surface area contributed by atoms with Crippen LogP contribution in [0.1, 0.15) is 103 Å². The second kappa shape index (κ2) is 9.02. The van der Waals surface area contributed by atoms with Crippen LogP contribution in [0.15, 0.2) is 58.5 Å². The zero-order valence-corrected chi connectivity index (χ0v) is 22.3. The molecule has 1 aromatic rings. The minimum atomic E-state index is 0.341. The number of allylic oxidation sites excluding steroid dienone is 7. The first-order chi connectivity index (χ1) is 16.3. The Balaban J connectivity index is 1.46. The van der Waals surface area contributed by atoms with E-state index in [-0.39, 0.29) is 0 Å². The van der Waals surface area contributed by atoms with Crippen LogP contribution in [-0.4, -0.2) is 22.5 Å². The summed E-state index contributed by atoms with van der Waals surface area (Å²) in [7, 11) is 0. The number of nitrogens with zero attached hydrogens (tertiary/aromatic N) is 2. The number of hydrogen-bond acceptors (Lipinski definition) is 2. The molecule has 4 unspecified atom stereocenters. The fourth-order valence-electron chi connectivity index (χ4n) is 6.86. The minimum absolute atomic E-state index is 0.341. The van der Waals surface area contributed by atoms with E-state index in [1.54, 1.807) is 0 Å². The van der Waals surface area contributed by atoms with Gasteiger partial charge in [0.1, 0.15) is 0 Å². The van der Waals surface area contributed by atoms with Crippen LogP contribution in [0.3, 0.4) is 0 Å². The second-order valence-electron chi connectivity index (χ2n) is 11.6. The molecule has 2 nitrogen and oxygen atoms in total. The monoisotopic (exact) mass is 454 g/mol. The maximum Gasteiger partial charge on any atom is 0.0744 e. The largest absolute Gasteiger partial charge is 0.370 e. The molecule has 2 heterocycles. The van der Waals surface area contributed by atoms with Crippen LogP contribution in [0.2, 0.25) is 0 Å². The first-order valence-corrected chi connectivity index (χ1v) is 13.5. The van der Waals surface area contributed by atoms with Gasteiger partial charge < -0.3 is 4.90 Å². The van der Waals surface area contributed by atoms with Crippen molar-refractivity contribution in [3.63, 3.8) is 0 Å². The predicted octanol–water partition coefficient (Wildman–Crippen LogP) is 8.46. The zero-order chi connectivity index (χ0) is 24.1. The van der Waals surface area contributed by atoms with E-state index in [1.165, 1.54) is 75.1 Å². The van der Waals surface area contributed by atoms with Gasteiger partial charge >= 0.3 is 0 Å². The Bertz CT molecular complexity index is 1160. The van der Waals surface area contributed by atoms with E-state index in [2.05, 4.69) is 84.0 Å². The van der Waals surface area contributed by atoms with E-state index in [4.69, 9.17) is 4.98 Å². The molecule has 0 bridgehead atoms. The molecule has 0 radical (unpaired) electrons. The number of pyridine rings is 1. The van der Waals surface area contributed by atoms with Gasteiger partial charge in [0, 0.05) is 42.0 Å². The molecule has 2 heteroatoms. The molecule has 1 fully saturated rings. The van der Waals surface area contributed by atoms with Crippen LogP contribution in [0.25, 0.3) is 11.1 Å². The Morgan fingerprint density at radius 2 is 1.97 bits per heavy atom. The van der Waals surface area contributed by atoms with Crippen molar-refractivity contribution in [2.45, 2.75) is 92.5 Å². The Labute approximate surface area is 207 Å². The van der Waals surface area contributed by atoms with E-state index in [9.17, 15) is 0 Å². The lowest BCUT2D eigenvalue weighted by atomic mass is 9.91. The van der Waals surface area contributed by atoms with Gasteiger partial charge in [0.15, 0.2) is 0 Å². The molecule has 1 aromatic heterocycles. The number of fused-ring (bicyclic) bond motifs is 1. The van der Waals surface area contributed by atoms with E-state index < -0.39 is 0 Å². The van der Waals surface area contributed by atoms with Gasteiger partial charge in [0.05, 0.1) is 5.69 Å². The lowest BCUT2D eigenvalue weighted by Crippen LogP contribution is -2.41. The Kier molecular flexibility index (Phi) is 6.21. The standard InChI is InChI=1S/C32H42N2/c1-8-9-20(3)28-15-29(27-17-34(18-27)24(7)25-11-10-19(2)12-25)32-30(28)14-26(16-33-32)31-22(5)13-21(4)23(31)6/h9,14-17,19,24-25,28H,8,10-13,18H2,1-7H3/b20-9-. The Hall–Kier alpha value is -2.35. The highest BCUT2D eigenvalue weighted by Crippen LogP contribution is 2.47. The molecule has 0 amide bonds. The topological polar surface area (TPSA) is 16.1 Å². The summed E-state index contributed by atoms with van der Waals surface area (Å²) in [6.07, 6.45) is 15.8. The van der Waals surface area contributed by atoms with Gasteiger partial charge in [0.2, 0.25) is 0 Å². The van der Waals surface area contributed by atoms with Crippen LogP contribution >= 0.6 is 0 Å². The first-order valence-electron chi connectivity index (χ1n) is 13.5. The van der Waals surface area contributed by atoms with E-state index in [0.717, 1.165) is 31.2 Å². The van der Waals surface area contributed by atoms with Gasteiger partial charge in [-0.2, -0.15) is 0 Å². The van der Waals surface area contributed by atoms with Crippen molar-refractivity contribution in [2.75, 3.05) is 6.54 Å². The van der Waals surface area contributed by atoms with Gasteiger partial charge in [-0.1, -0.05) is 49.1 Å². The number of rotatable bonds is 6. The Morgan fingerprint density at radius 3 is 2.59 bits per heavy atom. The van der Waals surface area contributed by atoms with Crippen LogP contribution in [0.5, 0.6) is 0 Å². The molecule has 34 heavy (non-hydrogen) atoms. The summed E-state index contributed by atoms with van der Waals surface area (Å²) < 4.78 is 0. The molecule has 3 aliphatic carbocycles. The predicted molar refractivity (Wildman–Crippen MR) is 145 cm³/mol. The molecule has 4 atom stereocenters. The van der Waals surface area contributed by atoms with Crippen molar-refractivity contribution in [1.29, 1.82) is 0 Å². The van der Waals surface area contributed by atoms with Crippen molar-refractivity contribution < 1.29 is 0 Å². The van der Waals surface area contributed by atoms with Gasteiger partial charge in [0.25, 0.3) is 0 Å². The summed E-state index contributed by atoms with van der Waals surface area (Å²) in [5.41, 5.74) is 14.0. The number of aromatic nitrogens is 1. The van der Waals surface area contributed by atoms with E-state index >= 15 is 0 Å². The molecule has 0 saturated heterocycles. The van der Waals surface area contributed by atoms with Crippen LogP contribution < -0.4 is 0 Å².